The molecule has 0 aliphatic heterocycles. The normalized spacial score (nSPS) is 10.2. The summed E-state index contributed by atoms with van der Waals surface area (Å²) in [7, 11) is 0. The molecule has 3 heteroatoms. The molecule has 2 aromatic rings. The predicted molar refractivity (Wildman–Crippen MR) is 57.4 cm³/mol. The van der Waals surface area contributed by atoms with Crippen LogP contribution in [0.3, 0.4) is 0 Å². The van der Waals surface area contributed by atoms with Crippen molar-refractivity contribution < 1.29 is 9.21 Å². The Hall–Kier alpha value is -2.03. The molecule has 2 N–H and O–H groups in total. The Kier molecular flexibility index (Phi) is 2.29. The monoisotopic (exact) mass is 201 g/mol. The molecule has 0 saturated carbocycles. The highest BCUT2D eigenvalue weighted by molar-refractivity contribution is 5.99. The molecular weight excluding hydrogens is 190 g/mol. The van der Waals surface area contributed by atoms with E-state index in [1.54, 1.807) is 18.4 Å². The number of rotatable bonds is 2. The number of carbonyl (C=O) groups is 1. The molecule has 0 bridgehead atoms. The number of carbonyl (C=O) groups excluding carboxylic acids is 1. The molecule has 1 aromatic heterocycles. The van der Waals surface area contributed by atoms with Gasteiger partial charge >= 0.3 is 0 Å². The second-order valence-electron chi connectivity index (χ2n) is 3.34. The first kappa shape index (κ1) is 9.52. The van der Waals surface area contributed by atoms with Gasteiger partial charge in [-0.15, -0.1) is 0 Å². The summed E-state index contributed by atoms with van der Waals surface area (Å²) in [5.74, 6) is 0.229. The first-order valence-corrected chi connectivity index (χ1v) is 4.63. The van der Waals surface area contributed by atoms with Crippen molar-refractivity contribution in [3.05, 3.63) is 47.7 Å². The highest BCUT2D eigenvalue weighted by atomic mass is 16.3. The first-order chi connectivity index (χ1) is 7.20. The summed E-state index contributed by atoms with van der Waals surface area (Å²) in [6.45, 7) is 1.92. The lowest BCUT2D eigenvalue weighted by Gasteiger charge is -2.06. The van der Waals surface area contributed by atoms with E-state index >= 15 is 0 Å². The average molecular weight is 201 g/mol. The predicted octanol–water partition coefficient (Wildman–Crippen LogP) is 2.35. The van der Waals surface area contributed by atoms with Gasteiger partial charge < -0.3 is 10.2 Å². The van der Waals surface area contributed by atoms with Crippen LogP contribution in [0, 0.1) is 6.92 Å². The van der Waals surface area contributed by atoms with Crippen molar-refractivity contribution in [2.24, 2.45) is 5.73 Å². The van der Waals surface area contributed by atoms with Crippen molar-refractivity contribution in [3.63, 3.8) is 0 Å². The van der Waals surface area contributed by atoms with E-state index in [0.29, 0.717) is 11.3 Å². The summed E-state index contributed by atoms with van der Waals surface area (Å²) in [5, 5.41) is 0. The first-order valence-electron chi connectivity index (χ1n) is 4.63. The van der Waals surface area contributed by atoms with Crippen LogP contribution < -0.4 is 5.73 Å². The molecule has 0 aliphatic rings. The molecule has 1 aromatic carbocycles. The molecule has 3 nitrogen and oxygen atoms in total. The standard InChI is InChI=1S/C12H11NO2/c1-8-4-2-5-9(12(13)14)11(8)10-6-3-7-15-10/h2-7H,1H3,(H2,13,14). The minimum atomic E-state index is -0.440. The number of amides is 1. The molecule has 0 atom stereocenters. The lowest BCUT2D eigenvalue weighted by molar-refractivity contribution is 0.100. The molecule has 0 saturated heterocycles. The third-order valence-electron chi connectivity index (χ3n) is 2.31. The second-order valence-corrected chi connectivity index (χ2v) is 3.34. The van der Waals surface area contributed by atoms with Crippen LogP contribution in [0.1, 0.15) is 15.9 Å². The maximum atomic E-state index is 11.2. The number of benzene rings is 1. The van der Waals surface area contributed by atoms with Gasteiger partial charge in [0.05, 0.1) is 11.8 Å². The van der Waals surface area contributed by atoms with Crippen LogP contribution in [-0.2, 0) is 0 Å². The topological polar surface area (TPSA) is 56.2 Å². The summed E-state index contributed by atoms with van der Waals surface area (Å²) >= 11 is 0. The number of aryl methyl sites for hydroxylation is 1. The van der Waals surface area contributed by atoms with Gasteiger partial charge in [-0.05, 0) is 30.7 Å². The Bertz CT molecular complexity index is 486. The van der Waals surface area contributed by atoms with Crippen LogP contribution in [0.2, 0.25) is 0 Å². The molecule has 0 fully saturated rings. The Morgan fingerprint density at radius 1 is 1.27 bits per heavy atom. The van der Waals surface area contributed by atoms with Gasteiger partial charge in [0.15, 0.2) is 0 Å². The van der Waals surface area contributed by atoms with E-state index < -0.39 is 5.91 Å². The van der Waals surface area contributed by atoms with Crippen molar-refractivity contribution in [2.75, 3.05) is 0 Å². The van der Waals surface area contributed by atoms with E-state index in [2.05, 4.69) is 0 Å². The quantitative estimate of drug-likeness (QED) is 0.810. The fraction of sp³-hybridized carbons (Fsp3) is 0.0833. The van der Waals surface area contributed by atoms with Gasteiger partial charge in [0.25, 0.3) is 0 Å². The van der Waals surface area contributed by atoms with E-state index in [4.69, 9.17) is 10.2 Å². The van der Waals surface area contributed by atoms with Crippen molar-refractivity contribution in [1.29, 1.82) is 0 Å². The minimum absolute atomic E-state index is 0.440. The minimum Gasteiger partial charge on any atom is -0.464 e. The zero-order valence-electron chi connectivity index (χ0n) is 8.36. The van der Waals surface area contributed by atoms with Crippen LogP contribution >= 0.6 is 0 Å². The Morgan fingerprint density at radius 2 is 2.07 bits per heavy atom. The summed E-state index contributed by atoms with van der Waals surface area (Å²) in [5.41, 5.74) is 7.55. The Morgan fingerprint density at radius 3 is 2.67 bits per heavy atom. The molecule has 0 radical (unpaired) electrons. The van der Waals surface area contributed by atoms with Gasteiger partial charge in [0, 0.05) is 5.56 Å². The van der Waals surface area contributed by atoms with Crippen molar-refractivity contribution in [2.45, 2.75) is 6.92 Å². The third-order valence-corrected chi connectivity index (χ3v) is 2.31. The van der Waals surface area contributed by atoms with E-state index in [-0.39, 0.29) is 0 Å². The summed E-state index contributed by atoms with van der Waals surface area (Å²) in [6, 6.07) is 9.03. The zero-order valence-corrected chi connectivity index (χ0v) is 8.36. The largest absolute Gasteiger partial charge is 0.464 e. The van der Waals surface area contributed by atoms with Gasteiger partial charge in [-0.3, -0.25) is 4.79 Å². The van der Waals surface area contributed by atoms with Gasteiger partial charge in [0.1, 0.15) is 5.76 Å². The number of hydrogen-bond donors (Lipinski definition) is 1. The van der Waals surface area contributed by atoms with Gasteiger partial charge in [-0.2, -0.15) is 0 Å². The van der Waals surface area contributed by atoms with Crippen molar-refractivity contribution in [1.82, 2.24) is 0 Å². The van der Waals surface area contributed by atoms with Gasteiger partial charge in [-0.25, -0.2) is 0 Å². The maximum Gasteiger partial charge on any atom is 0.249 e. The van der Waals surface area contributed by atoms with Crippen LogP contribution in [0.25, 0.3) is 11.3 Å². The van der Waals surface area contributed by atoms with E-state index in [9.17, 15) is 4.79 Å². The lowest BCUT2D eigenvalue weighted by atomic mass is 9.99. The van der Waals surface area contributed by atoms with Crippen LogP contribution in [0.15, 0.2) is 41.0 Å². The molecule has 1 amide bonds. The molecule has 2 rings (SSSR count). The summed E-state index contributed by atoms with van der Waals surface area (Å²) < 4.78 is 5.28. The summed E-state index contributed by atoms with van der Waals surface area (Å²) in [4.78, 5) is 11.2. The lowest BCUT2D eigenvalue weighted by Crippen LogP contribution is -2.12. The van der Waals surface area contributed by atoms with E-state index in [1.807, 2.05) is 25.1 Å². The second kappa shape index (κ2) is 3.61. The van der Waals surface area contributed by atoms with E-state index in [0.717, 1.165) is 11.1 Å². The summed E-state index contributed by atoms with van der Waals surface area (Å²) in [6.07, 6.45) is 1.58. The molecule has 0 aliphatic carbocycles. The average Bonchev–Trinajstić information content (AvgIpc) is 2.70. The number of primary amides is 1. The molecule has 15 heavy (non-hydrogen) atoms. The molecule has 0 spiro atoms. The molecule has 0 unspecified atom stereocenters. The number of furan rings is 1. The maximum absolute atomic E-state index is 11.2. The Labute approximate surface area is 87.5 Å². The van der Waals surface area contributed by atoms with Crippen molar-refractivity contribution in [3.8, 4) is 11.3 Å². The highest BCUT2D eigenvalue weighted by Crippen LogP contribution is 2.27. The number of hydrogen-bond acceptors (Lipinski definition) is 2. The number of nitrogens with two attached hydrogens (primary N) is 1. The smallest absolute Gasteiger partial charge is 0.249 e. The van der Waals surface area contributed by atoms with Crippen molar-refractivity contribution >= 4 is 5.91 Å². The van der Waals surface area contributed by atoms with Gasteiger partial charge in [-0.1, -0.05) is 12.1 Å². The van der Waals surface area contributed by atoms with Gasteiger partial charge in [0.2, 0.25) is 5.91 Å². The Balaban J connectivity index is 2.68. The SMILES string of the molecule is Cc1cccc(C(N)=O)c1-c1ccco1. The highest BCUT2D eigenvalue weighted by Gasteiger charge is 2.13. The third kappa shape index (κ3) is 1.64. The van der Waals surface area contributed by atoms with Crippen LogP contribution in [0.4, 0.5) is 0 Å². The zero-order chi connectivity index (χ0) is 10.8. The molecular formula is C12H11NO2. The molecule has 1 heterocycles. The van der Waals surface area contributed by atoms with E-state index in [1.165, 1.54) is 0 Å². The fourth-order valence-electron chi connectivity index (χ4n) is 1.62. The fourth-order valence-corrected chi connectivity index (χ4v) is 1.62. The van der Waals surface area contributed by atoms with Crippen LogP contribution in [0.5, 0.6) is 0 Å². The molecule has 76 valence electrons. The van der Waals surface area contributed by atoms with Crippen LogP contribution in [-0.4, -0.2) is 5.91 Å².